The molecular weight excluding hydrogens is 294 g/mol. The number of fused-ring (bicyclic) bond motifs is 1. The monoisotopic (exact) mass is 319 g/mol. The predicted molar refractivity (Wildman–Crippen MR) is 87.0 cm³/mol. The number of piperidine rings is 1. The zero-order valence-corrected chi connectivity index (χ0v) is 14.0. The maximum absolute atomic E-state index is 12.1. The molecule has 2 N–H and O–H groups in total. The third kappa shape index (κ3) is 3.68. The lowest BCUT2D eigenvalue weighted by Crippen LogP contribution is -2.42. The van der Waals surface area contributed by atoms with Gasteiger partial charge in [0.15, 0.2) is 0 Å². The number of hydrogen-bond acceptors (Lipinski definition) is 3. The van der Waals surface area contributed by atoms with Crippen LogP contribution in [0.15, 0.2) is 23.8 Å². The van der Waals surface area contributed by atoms with Crippen molar-refractivity contribution in [3.05, 3.63) is 23.8 Å². The van der Waals surface area contributed by atoms with Gasteiger partial charge in [0.25, 0.3) is 0 Å². The molecule has 2 saturated heterocycles. The van der Waals surface area contributed by atoms with Crippen LogP contribution < -0.4 is 10.6 Å². The Kier molecular flexibility index (Phi) is 4.08. The number of hydrogen-bond donors (Lipinski definition) is 2. The topological polar surface area (TPSA) is 70.7 Å². The first kappa shape index (κ1) is 15.9. The van der Waals surface area contributed by atoms with E-state index in [1.165, 1.54) is 5.57 Å². The van der Waals surface area contributed by atoms with Gasteiger partial charge in [0, 0.05) is 13.1 Å². The first-order chi connectivity index (χ1) is 10.8. The molecule has 0 aromatic carbocycles. The van der Waals surface area contributed by atoms with E-state index in [4.69, 9.17) is 4.74 Å². The Morgan fingerprint density at radius 3 is 2.52 bits per heavy atom. The summed E-state index contributed by atoms with van der Waals surface area (Å²) < 4.78 is 5.43. The highest BCUT2D eigenvalue weighted by Crippen LogP contribution is 2.29. The van der Waals surface area contributed by atoms with Crippen molar-refractivity contribution < 1.29 is 14.3 Å². The largest absolute Gasteiger partial charge is 0.444 e. The first-order valence-electron chi connectivity index (χ1n) is 8.27. The molecule has 6 nitrogen and oxygen atoms in total. The van der Waals surface area contributed by atoms with E-state index in [1.54, 1.807) is 4.90 Å². The second-order valence-electron chi connectivity index (χ2n) is 7.44. The second kappa shape index (κ2) is 5.91. The third-order valence-electron chi connectivity index (χ3n) is 4.47. The summed E-state index contributed by atoms with van der Waals surface area (Å²) in [5.41, 5.74) is 0.810. The minimum absolute atomic E-state index is 0.0476. The molecule has 23 heavy (non-hydrogen) atoms. The molecule has 0 aromatic heterocycles. The Morgan fingerprint density at radius 2 is 1.87 bits per heavy atom. The number of carbonyl (C=O) groups excluding carboxylic acids is 2. The number of nitrogens with zero attached hydrogens (tertiary/aromatic N) is 1. The number of amides is 3. The quantitative estimate of drug-likeness (QED) is 0.778. The van der Waals surface area contributed by atoms with Crippen LogP contribution in [0.2, 0.25) is 0 Å². The average Bonchev–Trinajstić information content (AvgIpc) is 2.84. The molecule has 0 spiro atoms. The van der Waals surface area contributed by atoms with Crippen molar-refractivity contribution in [3.8, 4) is 0 Å². The molecule has 3 rings (SSSR count). The van der Waals surface area contributed by atoms with Crippen LogP contribution in [0.3, 0.4) is 0 Å². The Labute approximate surface area is 136 Å². The molecule has 2 aliphatic heterocycles. The molecule has 3 aliphatic rings. The van der Waals surface area contributed by atoms with E-state index in [-0.39, 0.29) is 24.2 Å². The number of carbonyl (C=O) groups is 2. The van der Waals surface area contributed by atoms with E-state index < -0.39 is 5.60 Å². The molecule has 2 atom stereocenters. The van der Waals surface area contributed by atoms with Gasteiger partial charge in [-0.2, -0.15) is 0 Å². The van der Waals surface area contributed by atoms with Crippen LogP contribution in [-0.2, 0) is 4.74 Å². The lowest BCUT2D eigenvalue weighted by molar-refractivity contribution is 0.0195. The maximum Gasteiger partial charge on any atom is 0.410 e. The van der Waals surface area contributed by atoms with Crippen LogP contribution in [0.1, 0.15) is 33.6 Å². The Morgan fingerprint density at radius 1 is 1.22 bits per heavy atom. The van der Waals surface area contributed by atoms with E-state index in [0.29, 0.717) is 19.0 Å². The zero-order chi connectivity index (χ0) is 16.6. The molecule has 0 bridgehead atoms. The molecule has 126 valence electrons. The van der Waals surface area contributed by atoms with E-state index in [2.05, 4.69) is 28.9 Å². The second-order valence-corrected chi connectivity index (χ2v) is 7.44. The van der Waals surface area contributed by atoms with E-state index in [0.717, 1.165) is 12.8 Å². The summed E-state index contributed by atoms with van der Waals surface area (Å²) in [6.07, 6.45) is 7.94. The van der Waals surface area contributed by atoms with Gasteiger partial charge < -0.3 is 20.3 Å². The van der Waals surface area contributed by atoms with Gasteiger partial charge in [-0.3, -0.25) is 0 Å². The predicted octanol–water partition coefficient (Wildman–Crippen LogP) is 2.18. The first-order valence-corrected chi connectivity index (χ1v) is 8.27. The molecule has 0 aromatic rings. The van der Waals surface area contributed by atoms with Crippen molar-refractivity contribution >= 4 is 12.1 Å². The summed E-state index contributed by atoms with van der Waals surface area (Å²) in [6, 6.07) is 0.00128. The summed E-state index contributed by atoms with van der Waals surface area (Å²) in [6.45, 7) is 7.08. The normalized spacial score (nSPS) is 27.9. The van der Waals surface area contributed by atoms with Gasteiger partial charge in [0.2, 0.25) is 0 Å². The number of urea groups is 1. The van der Waals surface area contributed by atoms with Crippen molar-refractivity contribution in [2.45, 2.75) is 51.3 Å². The van der Waals surface area contributed by atoms with Gasteiger partial charge in [-0.05, 0) is 45.1 Å². The van der Waals surface area contributed by atoms with Crippen LogP contribution in [0.5, 0.6) is 0 Å². The van der Waals surface area contributed by atoms with Gasteiger partial charge in [-0.15, -0.1) is 0 Å². The lowest BCUT2D eigenvalue weighted by atomic mass is 9.84. The van der Waals surface area contributed by atoms with Crippen LogP contribution in [0.4, 0.5) is 9.59 Å². The number of ether oxygens (including phenoxy) is 1. The summed E-state index contributed by atoms with van der Waals surface area (Å²) in [5, 5.41) is 5.79. The van der Waals surface area contributed by atoms with Crippen molar-refractivity contribution in [2.75, 3.05) is 13.1 Å². The van der Waals surface area contributed by atoms with E-state index in [9.17, 15) is 9.59 Å². The standard InChI is InChI=1S/C17H25N3O3/c1-17(2,3)23-16(22)20-8-6-11(7-9-20)12-4-5-13-14(10-12)19-15(21)18-13/h4-5,10-11,13-14H,6-9H2,1-3H3,(H2,18,19,21)/t13-,14+/m0/s1. The number of nitrogens with one attached hydrogen (secondary N) is 2. The molecule has 2 fully saturated rings. The molecule has 3 amide bonds. The number of allylic oxidation sites excluding steroid dienone is 2. The third-order valence-corrected chi connectivity index (χ3v) is 4.47. The lowest BCUT2D eigenvalue weighted by Gasteiger charge is -2.34. The molecule has 1 aliphatic carbocycles. The molecule has 2 heterocycles. The summed E-state index contributed by atoms with van der Waals surface area (Å²) in [4.78, 5) is 25.3. The minimum Gasteiger partial charge on any atom is -0.444 e. The van der Waals surface area contributed by atoms with Gasteiger partial charge in [-0.1, -0.05) is 18.2 Å². The zero-order valence-electron chi connectivity index (χ0n) is 14.0. The fourth-order valence-corrected chi connectivity index (χ4v) is 3.31. The van der Waals surface area contributed by atoms with Gasteiger partial charge in [0.1, 0.15) is 5.60 Å². The highest BCUT2D eigenvalue weighted by molar-refractivity contribution is 5.78. The fraction of sp³-hybridized carbons (Fsp3) is 0.647. The van der Waals surface area contributed by atoms with Gasteiger partial charge >= 0.3 is 12.1 Å². The van der Waals surface area contributed by atoms with E-state index in [1.807, 2.05) is 20.8 Å². The molecule has 6 heteroatoms. The maximum atomic E-state index is 12.1. The molecule has 0 unspecified atom stereocenters. The smallest absolute Gasteiger partial charge is 0.410 e. The van der Waals surface area contributed by atoms with Crippen molar-refractivity contribution in [1.29, 1.82) is 0 Å². The van der Waals surface area contributed by atoms with Crippen LogP contribution in [0.25, 0.3) is 0 Å². The molecular formula is C17H25N3O3. The Bertz CT molecular complexity index is 554. The van der Waals surface area contributed by atoms with Crippen LogP contribution in [0, 0.1) is 5.92 Å². The highest BCUT2D eigenvalue weighted by atomic mass is 16.6. The minimum atomic E-state index is -0.453. The summed E-state index contributed by atoms with van der Waals surface area (Å²) >= 11 is 0. The molecule has 0 saturated carbocycles. The fourth-order valence-electron chi connectivity index (χ4n) is 3.31. The average molecular weight is 319 g/mol. The number of likely N-dealkylation sites (tertiary alicyclic amines) is 1. The summed E-state index contributed by atoms with van der Waals surface area (Å²) in [7, 11) is 0. The SMILES string of the molecule is CC(C)(C)OC(=O)N1CCC(C2=C[C@H]3NC(=O)N[C@H]3C=C2)CC1. The van der Waals surface area contributed by atoms with Gasteiger partial charge in [0.05, 0.1) is 12.1 Å². The molecule has 0 radical (unpaired) electrons. The van der Waals surface area contributed by atoms with Crippen molar-refractivity contribution in [3.63, 3.8) is 0 Å². The van der Waals surface area contributed by atoms with Crippen LogP contribution >= 0.6 is 0 Å². The van der Waals surface area contributed by atoms with Crippen molar-refractivity contribution in [1.82, 2.24) is 15.5 Å². The van der Waals surface area contributed by atoms with Crippen LogP contribution in [-0.4, -0.2) is 47.8 Å². The van der Waals surface area contributed by atoms with Crippen molar-refractivity contribution in [2.24, 2.45) is 5.92 Å². The Hall–Kier alpha value is -1.98. The number of rotatable bonds is 1. The van der Waals surface area contributed by atoms with E-state index >= 15 is 0 Å². The Balaban J connectivity index is 1.55. The highest BCUT2D eigenvalue weighted by Gasteiger charge is 2.33. The summed E-state index contributed by atoms with van der Waals surface area (Å²) in [5.74, 6) is 0.434. The van der Waals surface area contributed by atoms with Gasteiger partial charge in [-0.25, -0.2) is 9.59 Å².